The number of halogens is 1. The number of aromatic carboxylic acids is 1. The molecule has 0 amide bonds. The molecule has 5 heteroatoms. The van der Waals surface area contributed by atoms with Crippen molar-refractivity contribution >= 4 is 33.5 Å². The van der Waals surface area contributed by atoms with Crippen LogP contribution in [0, 0.1) is 11.3 Å². The second-order valence-electron chi connectivity index (χ2n) is 5.34. The van der Waals surface area contributed by atoms with Crippen molar-refractivity contribution in [3.8, 4) is 11.8 Å². The van der Waals surface area contributed by atoms with E-state index in [1.165, 1.54) is 0 Å². The lowest BCUT2D eigenvalue weighted by Crippen LogP contribution is -2.00. The van der Waals surface area contributed by atoms with Gasteiger partial charge in [-0.2, -0.15) is 5.26 Å². The minimum absolute atomic E-state index is 0.217. The lowest BCUT2D eigenvalue weighted by atomic mass is 10.1. The van der Waals surface area contributed by atoms with Gasteiger partial charge in [0.05, 0.1) is 17.2 Å². The first-order valence-electron chi connectivity index (χ1n) is 7.47. The maximum atomic E-state index is 11.2. The van der Waals surface area contributed by atoms with Gasteiger partial charge in [-0.15, -0.1) is 0 Å². The van der Waals surface area contributed by atoms with Gasteiger partial charge >= 0.3 is 5.97 Å². The van der Waals surface area contributed by atoms with Gasteiger partial charge < -0.3 is 9.67 Å². The third kappa shape index (κ3) is 3.70. The average molecular weight is 393 g/mol. The standard InChI is InChI=1S/C20H13BrN2O2/c21-17-8-6-14(7-9-17)16(13-22)12-19-5-2-10-23(19)18-4-1-3-15(11-18)20(24)25/h1-12H,(H,24,25)/b16-12+. The molecule has 122 valence electrons. The molecular weight excluding hydrogens is 380 g/mol. The largest absolute Gasteiger partial charge is 0.478 e. The van der Waals surface area contributed by atoms with Crippen molar-refractivity contribution in [2.75, 3.05) is 0 Å². The van der Waals surface area contributed by atoms with Gasteiger partial charge in [0, 0.05) is 22.1 Å². The summed E-state index contributed by atoms with van der Waals surface area (Å²) in [6.07, 6.45) is 3.63. The molecule has 3 aromatic rings. The summed E-state index contributed by atoms with van der Waals surface area (Å²) in [4.78, 5) is 11.2. The van der Waals surface area contributed by atoms with Gasteiger partial charge in [-0.25, -0.2) is 4.79 Å². The molecule has 0 unspecified atom stereocenters. The average Bonchev–Trinajstić information content (AvgIpc) is 3.09. The van der Waals surface area contributed by atoms with E-state index in [2.05, 4.69) is 22.0 Å². The van der Waals surface area contributed by atoms with Gasteiger partial charge in [-0.3, -0.25) is 0 Å². The fraction of sp³-hybridized carbons (Fsp3) is 0. The van der Waals surface area contributed by atoms with Crippen molar-refractivity contribution in [1.29, 1.82) is 5.26 Å². The fourth-order valence-electron chi connectivity index (χ4n) is 2.49. The number of nitrogens with zero attached hydrogens (tertiary/aromatic N) is 2. The summed E-state index contributed by atoms with van der Waals surface area (Å²) in [6.45, 7) is 0. The Morgan fingerprint density at radius 2 is 1.84 bits per heavy atom. The first-order valence-corrected chi connectivity index (χ1v) is 8.26. The van der Waals surface area contributed by atoms with Crippen LogP contribution in [0.5, 0.6) is 0 Å². The Labute approximate surface area is 153 Å². The predicted molar refractivity (Wildman–Crippen MR) is 100 cm³/mol. The number of rotatable bonds is 4. The maximum Gasteiger partial charge on any atom is 0.335 e. The lowest BCUT2D eigenvalue weighted by molar-refractivity contribution is 0.0697. The summed E-state index contributed by atoms with van der Waals surface area (Å²) in [7, 11) is 0. The number of hydrogen-bond acceptors (Lipinski definition) is 2. The van der Waals surface area contributed by atoms with Crippen LogP contribution in [0.4, 0.5) is 0 Å². The molecule has 0 aliphatic rings. The Morgan fingerprint density at radius 3 is 2.52 bits per heavy atom. The van der Waals surface area contributed by atoms with E-state index >= 15 is 0 Å². The van der Waals surface area contributed by atoms with Crippen LogP contribution >= 0.6 is 15.9 Å². The zero-order valence-electron chi connectivity index (χ0n) is 13.1. The highest BCUT2D eigenvalue weighted by Gasteiger charge is 2.08. The second-order valence-corrected chi connectivity index (χ2v) is 6.25. The molecule has 1 aromatic heterocycles. The van der Waals surface area contributed by atoms with Gasteiger partial charge in [-0.1, -0.05) is 34.1 Å². The number of nitriles is 1. The molecule has 1 N–H and O–H groups in total. The molecule has 0 aliphatic carbocycles. The minimum atomic E-state index is -0.973. The summed E-state index contributed by atoms with van der Waals surface area (Å²) >= 11 is 3.38. The van der Waals surface area contributed by atoms with Gasteiger partial charge in [0.1, 0.15) is 0 Å². The molecule has 4 nitrogen and oxygen atoms in total. The van der Waals surface area contributed by atoms with E-state index in [0.29, 0.717) is 5.57 Å². The number of benzene rings is 2. The van der Waals surface area contributed by atoms with Crippen molar-refractivity contribution in [3.05, 3.63) is 88.2 Å². The second kappa shape index (κ2) is 7.20. The monoisotopic (exact) mass is 392 g/mol. The van der Waals surface area contributed by atoms with Crippen LogP contribution in [-0.2, 0) is 0 Å². The molecule has 0 aliphatic heterocycles. The molecule has 25 heavy (non-hydrogen) atoms. The van der Waals surface area contributed by atoms with Gasteiger partial charge in [0.15, 0.2) is 0 Å². The number of carboxylic acids is 1. The van der Waals surface area contributed by atoms with Gasteiger partial charge in [0.25, 0.3) is 0 Å². The first kappa shape index (κ1) is 16.7. The third-order valence-electron chi connectivity index (χ3n) is 3.72. The van der Waals surface area contributed by atoms with E-state index in [4.69, 9.17) is 5.11 Å². The summed E-state index contributed by atoms with van der Waals surface area (Å²) in [6, 6.07) is 20.2. The molecule has 0 radical (unpaired) electrons. The topological polar surface area (TPSA) is 66.0 Å². The van der Waals surface area contributed by atoms with E-state index in [1.807, 2.05) is 53.2 Å². The Bertz CT molecular complexity index is 995. The quantitative estimate of drug-likeness (QED) is 0.635. The smallest absolute Gasteiger partial charge is 0.335 e. The summed E-state index contributed by atoms with van der Waals surface area (Å²) in [5.41, 5.74) is 3.08. The number of carboxylic acid groups (broad SMARTS) is 1. The predicted octanol–water partition coefficient (Wildman–Crippen LogP) is 5.00. The van der Waals surface area contributed by atoms with Crippen LogP contribution in [0.1, 0.15) is 21.6 Å². The highest BCUT2D eigenvalue weighted by molar-refractivity contribution is 9.10. The highest BCUT2D eigenvalue weighted by atomic mass is 79.9. The SMILES string of the molecule is N#C/C(=C\c1cccn1-c1cccc(C(=O)O)c1)c1ccc(Br)cc1. The molecule has 0 fully saturated rings. The minimum Gasteiger partial charge on any atom is -0.478 e. The van der Waals surface area contributed by atoms with Gasteiger partial charge in [0.2, 0.25) is 0 Å². The van der Waals surface area contributed by atoms with Crippen LogP contribution in [0.3, 0.4) is 0 Å². The summed E-state index contributed by atoms with van der Waals surface area (Å²) in [5.74, 6) is -0.973. The van der Waals surface area contributed by atoms with E-state index in [-0.39, 0.29) is 5.56 Å². The molecule has 0 saturated heterocycles. The van der Waals surface area contributed by atoms with E-state index in [0.717, 1.165) is 21.4 Å². The molecule has 2 aromatic carbocycles. The molecule has 1 heterocycles. The van der Waals surface area contributed by atoms with E-state index in [9.17, 15) is 10.1 Å². The third-order valence-corrected chi connectivity index (χ3v) is 4.25. The Morgan fingerprint density at radius 1 is 1.08 bits per heavy atom. The number of carbonyl (C=O) groups is 1. The highest BCUT2D eigenvalue weighted by Crippen LogP contribution is 2.22. The Hall–Kier alpha value is -3.10. The van der Waals surface area contributed by atoms with Crippen LogP contribution in [0.15, 0.2) is 71.3 Å². The summed E-state index contributed by atoms with van der Waals surface area (Å²) in [5, 5.41) is 18.7. The molecule has 0 spiro atoms. The zero-order chi connectivity index (χ0) is 17.8. The van der Waals surface area contributed by atoms with Crippen molar-refractivity contribution < 1.29 is 9.90 Å². The van der Waals surface area contributed by atoms with Crippen LogP contribution in [-0.4, -0.2) is 15.6 Å². The number of hydrogen-bond donors (Lipinski definition) is 1. The van der Waals surface area contributed by atoms with Crippen molar-refractivity contribution in [1.82, 2.24) is 4.57 Å². The normalized spacial score (nSPS) is 11.1. The fourth-order valence-corrected chi connectivity index (χ4v) is 2.76. The molecular formula is C20H13BrN2O2. The number of aromatic nitrogens is 1. The lowest BCUT2D eigenvalue weighted by Gasteiger charge is -2.08. The van der Waals surface area contributed by atoms with Gasteiger partial charge in [-0.05, 0) is 54.1 Å². The summed E-state index contributed by atoms with van der Waals surface area (Å²) < 4.78 is 2.80. The molecule has 0 bridgehead atoms. The Balaban J connectivity index is 2.04. The van der Waals surface area contributed by atoms with E-state index in [1.54, 1.807) is 24.3 Å². The maximum absolute atomic E-state index is 11.2. The van der Waals surface area contributed by atoms with E-state index < -0.39 is 5.97 Å². The molecule has 0 atom stereocenters. The Kier molecular flexibility index (Phi) is 4.82. The number of allylic oxidation sites excluding steroid dienone is 1. The molecule has 0 saturated carbocycles. The van der Waals surface area contributed by atoms with Crippen LogP contribution in [0.2, 0.25) is 0 Å². The van der Waals surface area contributed by atoms with Crippen LogP contribution < -0.4 is 0 Å². The van der Waals surface area contributed by atoms with Crippen molar-refractivity contribution in [2.24, 2.45) is 0 Å². The van der Waals surface area contributed by atoms with Crippen molar-refractivity contribution in [2.45, 2.75) is 0 Å². The van der Waals surface area contributed by atoms with Crippen molar-refractivity contribution in [3.63, 3.8) is 0 Å². The zero-order valence-corrected chi connectivity index (χ0v) is 14.6. The molecule has 3 rings (SSSR count). The first-order chi connectivity index (χ1) is 12.1. The van der Waals surface area contributed by atoms with Crippen LogP contribution in [0.25, 0.3) is 17.3 Å².